The highest BCUT2D eigenvalue weighted by molar-refractivity contribution is 5.85. The van der Waals surface area contributed by atoms with E-state index in [1.807, 2.05) is 11.0 Å². The van der Waals surface area contributed by atoms with Crippen LogP contribution >= 0.6 is 24.8 Å². The predicted octanol–water partition coefficient (Wildman–Crippen LogP) is 2.81. The zero-order valence-electron chi connectivity index (χ0n) is 11.1. The number of nitrogens with one attached hydrogen (secondary N) is 1. The van der Waals surface area contributed by atoms with Gasteiger partial charge in [-0.1, -0.05) is 0 Å². The molecule has 1 saturated heterocycles. The van der Waals surface area contributed by atoms with E-state index in [0.29, 0.717) is 38.3 Å². The number of halogens is 5. The lowest BCUT2D eigenvalue weighted by molar-refractivity contribution is 0.169. The Hall–Kier alpha value is -1.00. The van der Waals surface area contributed by atoms with Gasteiger partial charge in [0, 0.05) is 43.9 Å². The Bertz CT molecular complexity index is 479. The molecule has 0 amide bonds. The maximum atomic E-state index is 13.8. The normalized spacial score (nSPS) is 16.3. The van der Waals surface area contributed by atoms with Gasteiger partial charge in [-0.05, 0) is 0 Å². The van der Waals surface area contributed by atoms with Crippen molar-refractivity contribution in [3.63, 3.8) is 0 Å². The van der Waals surface area contributed by atoms with Gasteiger partial charge >= 0.3 is 0 Å². The maximum Gasteiger partial charge on any atom is 0.133 e. The van der Waals surface area contributed by atoms with Crippen molar-refractivity contribution in [2.45, 2.75) is 12.5 Å². The summed E-state index contributed by atoms with van der Waals surface area (Å²) in [6.45, 7) is 2.60. The third-order valence-corrected chi connectivity index (χ3v) is 3.25. The zero-order valence-corrected chi connectivity index (χ0v) is 12.7. The van der Waals surface area contributed by atoms with E-state index in [4.69, 9.17) is 5.26 Å². The third-order valence-electron chi connectivity index (χ3n) is 3.25. The molecule has 1 aromatic rings. The summed E-state index contributed by atoms with van der Waals surface area (Å²) in [7, 11) is 0. The molecule has 2 rings (SSSR count). The summed E-state index contributed by atoms with van der Waals surface area (Å²) in [5.41, 5.74) is -0.218. The Morgan fingerprint density at radius 3 is 2.14 bits per heavy atom. The van der Waals surface area contributed by atoms with Crippen LogP contribution in [0.3, 0.4) is 0 Å². The van der Waals surface area contributed by atoms with E-state index in [9.17, 15) is 13.2 Å². The van der Waals surface area contributed by atoms with Crippen LogP contribution in [-0.4, -0.2) is 31.1 Å². The van der Waals surface area contributed by atoms with Crippen LogP contribution in [0.25, 0.3) is 0 Å². The van der Waals surface area contributed by atoms with Crippen LogP contribution in [0, 0.1) is 28.8 Å². The van der Waals surface area contributed by atoms with Gasteiger partial charge in [-0.25, -0.2) is 13.2 Å². The molecule has 21 heavy (non-hydrogen) atoms. The molecule has 1 aliphatic heterocycles. The van der Waals surface area contributed by atoms with Gasteiger partial charge < -0.3 is 5.32 Å². The number of nitrogens with zero attached hydrogens (tertiary/aromatic N) is 2. The van der Waals surface area contributed by atoms with E-state index >= 15 is 0 Å². The van der Waals surface area contributed by atoms with Crippen LogP contribution in [0.2, 0.25) is 0 Å². The van der Waals surface area contributed by atoms with Gasteiger partial charge in [0.15, 0.2) is 0 Å². The molecule has 8 heteroatoms. The quantitative estimate of drug-likeness (QED) is 0.918. The van der Waals surface area contributed by atoms with E-state index in [1.165, 1.54) is 0 Å². The van der Waals surface area contributed by atoms with Crippen LogP contribution in [0.1, 0.15) is 18.0 Å². The van der Waals surface area contributed by atoms with Gasteiger partial charge in [0.05, 0.1) is 18.5 Å². The van der Waals surface area contributed by atoms with Crippen molar-refractivity contribution >= 4 is 24.8 Å². The Labute approximate surface area is 133 Å². The first-order valence-electron chi connectivity index (χ1n) is 6.09. The minimum atomic E-state index is -0.949. The lowest BCUT2D eigenvalue weighted by atomic mass is 10.00. The minimum absolute atomic E-state index is 0. The molecule has 1 fully saturated rings. The first-order valence-corrected chi connectivity index (χ1v) is 6.09. The standard InChI is InChI=1S/C13H14F3N3.2ClH/c14-9-7-10(15)13(11(16)8-9)12(1-2-17)19-5-3-18-4-6-19;;/h7-8,12,18H,1,3-6H2;2*1H/t12-;;/m0../s1. The SMILES string of the molecule is Cl.Cl.N#CC[C@@H](c1c(F)cc(F)cc1F)N1CCNCC1. The van der Waals surface area contributed by atoms with Gasteiger partial charge in [0.2, 0.25) is 0 Å². The molecule has 0 spiro atoms. The van der Waals surface area contributed by atoms with Crippen molar-refractivity contribution in [1.82, 2.24) is 10.2 Å². The van der Waals surface area contributed by atoms with E-state index in [2.05, 4.69) is 5.32 Å². The van der Waals surface area contributed by atoms with Gasteiger partial charge in [-0.3, -0.25) is 4.90 Å². The molecule has 0 bridgehead atoms. The summed E-state index contributed by atoms with van der Waals surface area (Å²) >= 11 is 0. The number of rotatable bonds is 3. The second-order valence-electron chi connectivity index (χ2n) is 4.45. The summed E-state index contributed by atoms with van der Waals surface area (Å²) < 4.78 is 40.5. The minimum Gasteiger partial charge on any atom is -0.314 e. The molecule has 1 atom stereocenters. The first kappa shape index (κ1) is 20.0. The third kappa shape index (κ3) is 4.75. The smallest absolute Gasteiger partial charge is 0.133 e. The van der Waals surface area contributed by atoms with Crippen molar-refractivity contribution < 1.29 is 13.2 Å². The average Bonchev–Trinajstić information content (AvgIpc) is 2.37. The van der Waals surface area contributed by atoms with E-state index < -0.39 is 23.5 Å². The number of piperazine rings is 1. The van der Waals surface area contributed by atoms with Crippen LogP contribution in [0.4, 0.5) is 13.2 Å². The fraction of sp³-hybridized carbons (Fsp3) is 0.462. The highest BCUT2D eigenvalue weighted by atomic mass is 35.5. The van der Waals surface area contributed by atoms with Crippen molar-refractivity contribution in [2.24, 2.45) is 0 Å². The highest BCUT2D eigenvalue weighted by Crippen LogP contribution is 2.29. The van der Waals surface area contributed by atoms with Crippen LogP contribution in [0.5, 0.6) is 0 Å². The van der Waals surface area contributed by atoms with Crippen LogP contribution in [-0.2, 0) is 0 Å². The molecule has 3 nitrogen and oxygen atoms in total. The molecule has 1 aliphatic rings. The number of nitriles is 1. The fourth-order valence-corrected chi connectivity index (χ4v) is 2.37. The van der Waals surface area contributed by atoms with Crippen molar-refractivity contribution in [2.75, 3.05) is 26.2 Å². The summed E-state index contributed by atoms with van der Waals surface area (Å²) in [6, 6.07) is 2.59. The van der Waals surface area contributed by atoms with Crippen molar-refractivity contribution in [3.8, 4) is 6.07 Å². The number of benzene rings is 1. The Morgan fingerprint density at radius 2 is 1.67 bits per heavy atom. The lowest BCUT2D eigenvalue weighted by Gasteiger charge is -2.34. The molecule has 0 aromatic heterocycles. The molecule has 0 saturated carbocycles. The Balaban J connectivity index is 0.00000200. The summed E-state index contributed by atoms with van der Waals surface area (Å²) in [6.07, 6.45) is -0.0283. The molecular weight excluding hydrogens is 326 g/mol. The van der Waals surface area contributed by atoms with Gasteiger partial charge in [-0.15, -0.1) is 24.8 Å². The van der Waals surface area contributed by atoms with E-state index in [-0.39, 0.29) is 36.8 Å². The number of hydrogen-bond acceptors (Lipinski definition) is 3. The highest BCUT2D eigenvalue weighted by Gasteiger charge is 2.27. The Kier molecular flexibility index (Phi) is 8.67. The average molecular weight is 342 g/mol. The largest absolute Gasteiger partial charge is 0.314 e. The van der Waals surface area contributed by atoms with Gasteiger partial charge in [0.1, 0.15) is 17.5 Å². The second kappa shape index (κ2) is 9.11. The summed E-state index contributed by atoms with van der Waals surface area (Å²) in [4.78, 5) is 1.85. The molecule has 0 unspecified atom stereocenters. The molecule has 0 radical (unpaired) electrons. The molecule has 1 aromatic carbocycles. The fourth-order valence-electron chi connectivity index (χ4n) is 2.37. The zero-order chi connectivity index (χ0) is 13.8. The van der Waals surface area contributed by atoms with E-state index in [0.717, 1.165) is 0 Å². The Morgan fingerprint density at radius 1 is 1.14 bits per heavy atom. The monoisotopic (exact) mass is 341 g/mol. The van der Waals surface area contributed by atoms with E-state index in [1.54, 1.807) is 0 Å². The molecular formula is C13H16Cl2F3N3. The lowest BCUT2D eigenvalue weighted by Crippen LogP contribution is -2.45. The van der Waals surface area contributed by atoms with Crippen LogP contribution < -0.4 is 5.32 Å². The second-order valence-corrected chi connectivity index (χ2v) is 4.45. The van der Waals surface area contributed by atoms with Gasteiger partial charge in [-0.2, -0.15) is 5.26 Å². The predicted molar refractivity (Wildman–Crippen MR) is 78.2 cm³/mol. The first-order chi connectivity index (χ1) is 9.13. The maximum absolute atomic E-state index is 13.8. The molecule has 1 heterocycles. The molecule has 1 N–H and O–H groups in total. The molecule has 0 aliphatic carbocycles. The summed E-state index contributed by atoms with van der Waals surface area (Å²) in [5.74, 6) is -2.82. The van der Waals surface area contributed by atoms with Crippen LogP contribution in [0.15, 0.2) is 12.1 Å². The topological polar surface area (TPSA) is 39.1 Å². The van der Waals surface area contributed by atoms with Gasteiger partial charge in [0.25, 0.3) is 0 Å². The summed E-state index contributed by atoms with van der Waals surface area (Å²) in [5, 5.41) is 12.0. The number of hydrogen-bond donors (Lipinski definition) is 1. The van der Waals surface area contributed by atoms with Crippen molar-refractivity contribution in [1.29, 1.82) is 5.26 Å². The van der Waals surface area contributed by atoms with Crippen molar-refractivity contribution in [3.05, 3.63) is 35.1 Å². The molecule has 118 valence electrons.